The normalized spacial score (nSPS) is 10.5. The van der Waals surface area contributed by atoms with E-state index >= 15 is 0 Å². The number of nitro groups is 1. The molecule has 7 heteroatoms. The summed E-state index contributed by atoms with van der Waals surface area (Å²) in [5.74, 6) is 0.584. The van der Waals surface area contributed by atoms with Crippen molar-refractivity contribution in [3.05, 3.63) is 51.8 Å². The summed E-state index contributed by atoms with van der Waals surface area (Å²) in [6, 6.07) is 9.77. The summed E-state index contributed by atoms with van der Waals surface area (Å²) in [6.45, 7) is 0.417. The first-order chi connectivity index (χ1) is 8.66. The highest BCUT2D eigenvalue weighted by Gasteiger charge is 2.12. The van der Waals surface area contributed by atoms with E-state index in [4.69, 9.17) is 0 Å². The lowest BCUT2D eigenvalue weighted by Crippen LogP contribution is -2.11. The van der Waals surface area contributed by atoms with Gasteiger partial charge in [0, 0.05) is 4.92 Å². The minimum atomic E-state index is -0.361. The van der Waals surface area contributed by atoms with Crippen LogP contribution in [0.5, 0.6) is 0 Å². The fourth-order valence-electron chi connectivity index (χ4n) is 1.63. The molecule has 1 aromatic carbocycles. The third-order valence-electron chi connectivity index (χ3n) is 2.51. The standard InChI is InChI=1S/C11H12N4O2S/c16-15(17)7-6-10-12-13-11(18)14(10)8-9-4-2-1-3-5-9/h1-5H,6-8H2,(H,13,18). The van der Waals surface area contributed by atoms with Gasteiger partial charge in [0.15, 0.2) is 5.16 Å². The number of rotatable bonds is 5. The van der Waals surface area contributed by atoms with Gasteiger partial charge >= 0.3 is 0 Å². The van der Waals surface area contributed by atoms with Gasteiger partial charge in [0.1, 0.15) is 5.82 Å². The Hall–Kier alpha value is -1.89. The summed E-state index contributed by atoms with van der Waals surface area (Å²) in [5.41, 5.74) is 1.08. The molecule has 0 saturated carbocycles. The molecule has 0 fully saturated rings. The molecular formula is C11H12N4O2S. The number of aromatic nitrogens is 3. The number of benzene rings is 1. The van der Waals surface area contributed by atoms with Crippen LogP contribution < -0.4 is 0 Å². The van der Waals surface area contributed by atoms with Gasteiger partial charge in [0.05, 0.1) is 13.0 Å². The Balaban J connectivity index is 2.16. The number of thiol groups is 1. The molecular weight excluding hydrogens is 252 g/mol. The number of hydrogen-bond acceptors (Lipinski definition) is 5. The second-order valence-electron chi connectivity index (χ2n) is 3.79. The molecule has 94 valence electrons. The molecule has 0 radical (unpaired) electrons. The minimum Gasteiger partial charge on any atom is -0.302 e. The zero-order valence-electron chi connectivity index (χ0n) is 9.56. The number of hydrogen-bond donors (Lipinski definition) is 1. The van der Waals surface area contributed by atoms with Gasteiger partial charge in [-0.1, -0.05) is 30.3 Å². The van der Waals surface area contributed by atoms with Crippen LogP contribution in [0.25, 0.3) is 0 Å². The molecule has 0 bridgehead atoms. The Morgan fingerprint density at radius 3 is 2.67 bits per heavy atom. The maximum atomic E-state index is 10.4. The van der Waals surface area contributed by atoms with Crippen LogP contribution in [0.1, 0.15) is 11.4 Å². The first-order valence-electron chi connectivity index (χ1n) is 5.43. The molecule has 0 N–H and O–H groups in total. The zero-order valence-corrected chi connectivity index (χ0v) is 10.5. The monoisotopic (exact) mass is 264 g/mol. The average Bonchev–Trinajstić information content (AvgIpc) is 2.70. The van der Waals surface area contributed by atoms with Gasteiger partial charge in [-0.3, -0.25) is 10.1 Å². The van der Waals surface area contributed by atoms with Gasteiger partial charge in [-0.05, 0) is 5.56 Å². The predicted molar refractivity (Wildman–Crippen MR) is 68.4 cm³/mol. The summed E-state index contributed by atoms with van der Waals surface area (Å²) in [4.78, 5) is 10.0. The van der Waals surface area contributed by atoms with Crippen LogP contribution in [-0.4, -0.2) is 26.2 Å². The molecule has 0 aliphatic rings. The Morgan fingerprint density at radius 2 is 2.00 bits per heavy atom. The molecule has 1 heterocycles. The van der Waals surface area contributed by atoms with Crippen LogP contribution in [0.15, 0.2) is 35.5 Å². The Bertz CT molecular complexity index is 541. The van der Waals surface area contributed by atoms with Crippen molar-refractivity contribution in [3.8, 4) is 0 Å². The van der Waals surface area contributed by atoms with Crippen LogP contribution in [-0.2, 0) is 13.0 Å². The summed E-state index contributed by atoms with van der Waals surface area (Å²) >= 11 is 4.21. The molecule has 0 saturated heterocycles. The summed E-state index contributed by atoms with van der Waals surface area (Å²) in [6.07, 6.45) is 0.257. The highest BCUT2D eigenvalue weighted by Crippen LogP contribution is 2.11. The molecule has 0 aliphatic heterocycles. The van der Waals surface area contributed by atoms with Crippen LogP contribution in [0.2, 0.25) is 0 Å². The van der Waals surface area contributed by atoms with Crippen molar-refractivity contribution in [2.75, 3.05) is 6.54 Å². The van der Waals surface area contributed by atoms with E-state index in [-0.39, 0.29) is 17.9 Å². The van der Waals surface area contributed by atoms with Crippen molar-refractivity contribution >= 4 is 12.6 Å². The molecule has 0 unspecified atom stereocenters. The lowest BCUT2D eigenvalue weighted by Gasteiger charge is -2.07. The van der Waals surface area contributed by atoms with E-state index in [1.807, 2.05) is 30.3 Å². The van der Waals surface area contributed by atoms with Crippen LogP contribution in [0, 0.1) is 10.1 Å². The van der Waals surface area contributed by atoms with Gasteiger partial charge in [-0.25, -0.2) is 0 Å². The van der Waals surface area contributed by atoms with Crippen LogP contribution >= 0.6 is 12.6 Å². The summed E-state index contributed by atoms with van der Waals surface area (Å²) < 4.78 is 1.78. The highest BCUT2D eigenvalue weighted by molar-refractivity contribution is 7.80. The maximum absolute atomic E-state index is 10.4. The van der Waals surface area contributed by atoms with Crippen molar-refractivity contribution in [2.24, 2.45) is 0 Å². The van der Waals surface area contributed by atoms with Gasteiger partial charge < -0.3 is 4.57 Å². The fraction of sp³-hybridized carbons (Fsp3) is 0.273. The molecule has 0 atom stereocenters. The Labute approximate surface area is 109 Å². The van der Waals surface area contributed by atoms with E-state index < -0.39 is 0 Å². The third kappa shape index (κ3) is 3.07. The van der Waals surface area contributed by atoms with Gasteiger partial charge in [-0.2, -0.15) is 0 Å². The van der Waals surface area contributed by atoms with Crippen LogP contribution in [0.4, 0.5) is 0 Å². The SMILES string of the molecule is O=[N+]([O-])CCc1nnc(S)n1Cc1ccccc1. The van der Waals surface area contributed by atoms with Crippen LogP contribution in [0.3, 0.4) is 0 Å². The smallest absolute Gasteiger partial charge is 0.210 e. The Morgan fingerprint density at radius 1 is 1.28 bits per heavy atom. The molecule has 0 aliphatic carbocycles. The lowest BCUT2D eigenvalue weighted by molar-refractivity contribution is -0.479. The second-order valence-corrected chi connectivity index (χ2v) is 4.19. The second kappa shape index (κ2) is 5.63. The first kappa shape index (κ1) is 12.6. The summed E-state index contributed by atoms with van der Waals surface area (Å²) in [7, 11) is 0. The zero-order chi connectivity index (χ0) is 13.0. The van der Waals surface area contributed by atoms with Crippen molar-refractivity contribution in [1.82, 2.24) is 14.8 Å². The van der Waals surface area contributed by atoms with E-state index in [1.165, 1.54) is 0 Å². The topological polar surface area (TPSA) is 73.8 Å². The lowest BCUT2D eigenvalue weighted by atomic mass is 10.2. The molecule has 18 heavy (non-hydrogen) atoms. The largest absolute Gasteiger partial charge is 0.302 e. The quantitative estimate of drug-likeness (QED) is 0.503. The predicted octanol–water partition coefficient (Wildman–Crippen LogP) is 1.43. The maximum Gasteiger partial charge on any atom is 0.210 e. The minimum absolute atomic E-state index is 0.152. The van der Waals surface area contributed by atoms with Crippen molar-refractivity contribution in [2.45, 2.75) is 18.1 Å². The van der Waals surface area contributed by atoms with Gasteiger partial charge in [0.2, 0.25) is 6.54 Å². The van der Waals surface area contributed by atoms with E-state index in [0.29, 0.717) is 17.5 Å². The van der Waals surface area contributed by atoms with E-state index in [9.17, 15) is 10.1 Å². The molecule has 1 aromatic heterocycles. The fourth-order valence-corrected chi connectivity index (χ4v) is 1.86. The first-order valence-corrected chi connectivity index (χ1v) is 5.88. The molecule has 2 rings (SSSR count). The van der Waals surface area contributed by atoms with Gasteiger partial charge in [-0.15, -0.1) is 22.8 Å². The van der Waals surface area contributed by atoms with E-state index in [0.717, 1.165) is 5.56 Å². The number of nitrogens with zero attached hydrogens (tertiary/aromatic N) is 4. The third-order valence-corrected chi connectivity index (χ3v) is 2.84. The van der Waals surface area contributed by atoms with Crippen molar-refractivity contribution < 1.29 is 4.92 Å². The van der Waals surface area contributed by atoms with E-state index in [1.54, 1.807) is 4.57 Å². The van der Waals surface area contributed by atoms with Crippen molar-refractivity contribution in [1.29, 1.82) is 0 Å². The molecule has 2 aromatic rings. The average molecular weight is 264 g/mol. The Kier molecular flexibility index (Phi) is 3.93. The van der Waals surface area contributed by atoms with E-state index in [2.05, 4.69) is 22.8 Å². The summed E-state index contributed by atoms with van der Waals surface area (Å²) in [5, 5.41) is 18.6. The van der Waals surface area contributed by atoms with Gasteiger partial charge in [0.25, 0.3) is 0 Å². The molecule has 0 amide bonds. The van der Waals surface area contributed by atoms with Crippen molar-refractivity contribution in [3.63, 3.8) is 0 Å². The highest BCUT2D eigenvalue weighted by atomic mass is 32.1. The molecule has 6 nitrogen and oxygen atoms in total. The molecule has 0 spiro atoms.